The minimum absolute atomic E-state index is 0.104. The Morgan fingerprint density at radius 1 is 0.250 bits per heavy atom. The van der Waals surface area contributed by atoms with Crippen LogP contribution in [0.5, 0.6) is 0 Å². The monoisotopic (exact) mass is 1440 g/mol. The Bertz CT molecular complexity index is 1810. The Labute approximate surface area is 611 Å². The summed E-state index contributed by atoms with van der Waals surface area (Å²) in [7, 11) is 0. The molecule has 20 nitrogen and oxygen atoms in total. The van der Waals surface area contributed by atoms with Gasteiger partial charge in [-0.3, -0.25) is 19.2 Å². The average molecular weight is 1440 g/mol. The van der Waals surface area contributed by atoms with E-state index in [4.69, 9.17) is 75.8 Å². The zero-order valence-electron chi connectivity index (χ0n) is 67.1. The molecule has 0 rings (SSSR count). The molecule has 8 atom stereocenters. The highest BCUT2D eigenvalue weighted by Crippen LogP contribution is 2.23. The normalized spacial score (nSPS) is 14.3. The number of carbonyl (C=O) groups is 4. The van der Waals surface area contributed by atoms with Gasteiger partial charge in [-0.05, 0) is 109 Å². The standard InChI is InChI=1S/C49H96O11.C31H60O9/c1-13-15-16-17-18-19-20-21-22-23-24-25-26-27-28-29-30-47(50)60-46(10)38-58-44(8)36-56-42(6)34-54-40(4)32-52-39(3)31-53-41(5)33-55-43(7)35-57-45(9)37-59-48(51)49(11,12)14-2;1-5-7-8-9-10-11-12-13-14-15-16-29(32)39-27-25-37-23-21-35-19-17-34-18-20-36-22-24-38-26-28-40-30(33)31(3,4)6-2/h39-46H,13-38H2,1-12H3;5-28H2,1-4H3. The molecule has 0 amide bonds. The zero-order chi connectivity index (χ0) is 74.6. The van der Waals surface area contributed by atoms with E-state index in [0.717, 1.165) is 38.5 Å². The van der Waals surface area contributed by atoms with Crippen LogP contribution in [0.3, 0.4) is 0 Å². The van der Waals surface area contributed by atoms with Crippen LogP contribution in [-0.2, 0) is 95.0 Å². The Kier molecular flexibility index (Phi) is 70.3. The summed E-state index contributed by atoms with van der Waals surface area (Å²) in [6.45, 7) is 39.7. The molecule has 0 aromatic rings. The summed E-state index contributed by atoms with van der Waals surface area (Å²) in [5.74, 6) is -0.682. The second-order valence-electron chi connectivity index (χ2n) is 28.8. The highest BCUT2D eigenvalue weighted by molar-refractivity contribution is 5.76. The molecule has 596 valence electrons. The van der Waals surface area contributed by atoms with Gasteiger partial charge in [-0.2, -0.15) is 0 Å². The summed E-state index contributed by atoms with van der Waals surface area (Å²) >= 11 is 0. The van der Waals surface area contributed by atoms with Crippen LogP contribution in [0.2, 0.25) is 0 Å². The molecular weight excluding hydrogens is 1280 g/mol. The molecule has 0 N–H and O–H groups in total. The molecule has 0 aromatic heterocycles. The maximum atomic E-state index is 12.3. The van der Waals surface area contributed by atoms with Crippen LogP contribution >= 0.6 is 0 Å². The number of unbranched alkanes of at least 4 members (excludes halogenated alkanes) is 24. The lowest BCUT2D eigenvalue weighted by atomic mass is 9.91. The first-order valence-electron chi connectivity index (χ1n) is 39.9. The third-order valence-electron chi connectivity index (χ3n) is 17.4. The molecule has 0 aliphatic heterocycles. The van der Waals surface area contributed by atoms with Crippen LogP contribution in [0.1, 0.15) is 303 Å². The topological polar surface area (TPSA) is 216 Å². The quantitative estimate of drug-likeness (QED) is 0.0314. The number of rotatable bonds is 74. The van der Waals surface area contributed by atoms with Gasteiger partial charge in [0.2, 0.25) is 0 Å². The molecule has 100 heavy (non-hydrogen) atoms. The molecular formula is C80H156O20. The first kappa shape index (κ1) is 99.5. The van der Waals surface area contributed by atoms with Gasteiger partial charge >= 0.3 is 23.9 Å². The average Bonchev–Trinajstić information content (AvgIpc) is 0.934. The lowest BCUT2D eigenvalue weighted by Gasteiger charge is -2.23. The second kappa shape index (κ2) is 70.7. The SMILES string of the molecule is CCCCCCCCCCCCC(=O)OCCOCCOCCOCCOCCOCCOC(=O)C(C)(C)CC.CCCCCCCCCCCCCCCCCCC(=O)OC(C)COC(C)COC(C)COC(C)COC(C)COC(C)COC(C)COC(C)COC(=O)C(C)(C)CC. The van der Waals surface area contributed by atoms with E-state index < -0.39 is 10.8 Å². The molecule has 0 saturated heterocycles. The van der Waals surface area contributed by atoms with Crippen LogP contribution in [0.15, 0.2) is 0 Å². The lowest BCUT2D eigenvalue weighted by molar-refractivity contribution is -0.159. The van der Waals surface area contributed by atoms with Crippen LogP contribution in [0.25, 0.3) is 0 Å². The molecule has 0 aliphatic rings. The van der Waals surface area contributed by atoms with Crippen molar-refractivity contribution in [1.29, 1.82) is 0 Å². The third kappa shape index (κ3) is 68.5. The van der Waals surface area contributed by atoms with Gasteiger partial charge in [-0.15, -0.1) is 0 Å². The van der Waals surface area contributed by atoms with Crippen LogP contribution in [0, 0.1) is 10.8 Å². The van der Waals surface area contributed by atoms with Gasteiger partial charge in [-0.25, -0.2) is 0 Å². The van der Waals surface area contributed by atoms with Crippen LogP contribution in [0.4, 0.5) is 0 Å². The van der Waals surface area contributed by atoms with Gasteiger partial charge in [0.1, 0.15) is 25.9 Å². The molecule has 0 heterocycles. The fourth-order valence-corrected chi connectivity index (χ4v) is 9.66. The fourth-order valence-electron chi connectivity index (χ4n) is 9.66. The molecule has 0 saturated carbocycles. The number of hydrogen-bond donors (Lipinski definition) is 0. The maximum absolute atomic E-state index is 12.3. The Balaban J connectivity index is 0. The van der Waals surface area contributed by atoms with E-state index in [1.165, 1.54) is 141 Å². The molecule has 0 spiro atoms. The van der Waals surface area contributed by atoms with Crippen molar-refractivity contribution in [3.05, 3.63) is 0 Å². The molecule has 8 unspecified atom stereocenters. The summed E-state index contributed by atoms with van der Waals surface area (Å²) in [5, 5.41) is 0. The molecule has 0 fully saturated rings. The van der Waals surface area contributed by atoms with E-state index in [2.05, 4.69) is 13.8 Å². The summed E-state index contributed by atoms with van der Waals surface area (Å²) in [5.41, 5.74) is -0.942. The van der Waals surface area contributed by atoms with E-state index in [1.54, 1.807) is 0 Å². The summed E-state index contributed by atoms with van der Waals surface area (Å²) < 4.78 is 89.9. The summed E-state index contributed by atoms with van der Waals surface area (Å²) in [6, 6.07) is 0. The van der Waals surface area contributed by atoms with E-state index in [0.29, 0.717) is 125 Å². The highest BCUT2D eigenvalue weighted by atomic mass is 16.6. The number of esters is 4. The van der Waals surface area contributed by atoms with Gasteiger partial charge < -0.3 is 75.8 Å². The van der Waals surface area contributed by atoms with E-state index in [9.17, 15) is 19.2 Å². The van der Waals surface area contributed by atoms with Crippen LogP contribution < -0.4 is 0 Å². The van der Waals surface area contributed by atoms with Crippen LogP contribution in [-0.4, -0.2) is 205 Å². The number of hydrogen-bond acceptors (Lipinski definition) is 20. The van der Waals surface area contributed by atoms with Crippen molar-refractivity contribution >= 4 is 23.9 Å². The van der Waals surface area contributed by atoms with Crippen molar-refractivity contribution in [2.75, 3.05) is 132 Å². The van der Waals surface area contributed by atoms with Gasteiger partial charge in [0.05, 0.1) is 166 Å². The van der Waals surface area contributed by atoms with E-state index in [-0.39, 0.29) is 92.5 Å². The van der Waals surface area contributed by atoms with Gasteiger partial charge in [0.25, 0.3) is 0 Å². The Hall–Kier alpha value is -2.60. The van der Waals surface area contributed by atoms with Gasteiger partial charge in [0, 0.05) is 12.8 Å². The van der Waals surface area contributed by atoms with Crippen molar-refractivity contribution in [3.8, 4) is 0 Å². The highest BCUT2D eigenvalue weighted by Gasteiger charge is 2.28. The van der Waals surface area contributed by atoms with Crippen molar-refractivity contribution in [2.45, 2.75) is 352 Å². The van der Waals surface area contributed by atoms with Crippen molar-refractivity contribution in [1.82, 2.24) is 0 Å². The van der Waals surface area contributed by atoms with Crippen molar-refractivity contribution in [3.63, 3.8) is 0 Å². The predicted molar refractivity (Wildman–Crippen MR) is 399 cm³/mol. The molecule has 0 radical (unpaired) electrons. The van der Waals surface area contributed by atoms with E-state index in [1.807, 2.05) is 96.9 Å². The molecule has 20 heteroatoms. The predicted octanol–water partition coefficient (Wildman–Crippen LogP) is 17.3. The first-order valence-corrected chi connectivity index (χ1v) is 39.9. The van der Waals surface area contributed by atoms with Crippen molar-refractivity contribution < 1.29 is 95.0 Å². The number of ether oxygens (including phenoxy) is 16. The Morgan fingerprint density at radius 3 is 0.750 bits per heavy atom. The minimum Gasteiger partial charge on any atom is -0.463 e. The van der Waals surface area contributed by atoms with Gasteiger partial charge in [0.15, 0.2) is 0 Å². The maximum Gasteiger partial charge on any atom is 0.311 e. The van der Waals surface area contributed by atoms with Crippen molar-refractivity contribution in [2.24, 2.45) is 10.8 Å². The molecule has 0 bridgehead atoms. The second-order valence-corrected chi connectivity index (χ2v) is 28.8. The third-order valence-corrected chi connectivity index (χ3v) is 17.4. The van der Waals surface area contributed by atoms with E-state index >= 15 is 0 Å². The molecule has 0 aliphatic carbocycles. The molecule has 0 aromatic carbocycles. The zero-order valence-corrected chi connectivity index (χ0v) is 67.1. The van der Waals surface area contributed by atoms with Gasteiger partial charge in [-0.1, -0.05) is 182 Å². The lowest BCUT2D eigenvalue weighted by Crippen LogP contribution is -2.31. The number of carbonyl (C=O) groups excluding carboxylic acids is 4. The minimum atomic E-state index is -0.489. The summed E-state index contributed by atoms with van der Waals surface area (Å²) in [4.78, 5) is 48.1. The Morgan fingerprint density at radius 2 is 0.470 bits per heavy atom. The largest absolute Gasteiger partial charge is 0.463 e. The first-order chi connectivity index (χ1) is 48.0. The summed E-state index contributed by atoms with van der Waals surface area (Å²) in [6.07, 6.45) is 34.8. The fraction of sp³-hybridized carbons (Fsp3) is 0.950. The smallest absolute Gasteiger partial charge is 0.311 e.